The first-order valence-electron chi connectivity index (χ1n) is 6.23. The topological polar surface area (TPSA) is 15.3 Å². The average molecular weight is 329 g/mol. The molecule has 0 aliphatic carbocycles. The minimum atomic E-state index is -4.18. The molecular formula is C13H17Cl2F3N2. The Balaban J connectivity index is 0.00000200. The summed E-state index contributed by atoms with van der Waals surface area (Å²) < 4.78 is 38.3. The summed E-state index contributed by atoms with van der Waals surface area (Å²) in [5, 5.41) is 3.62. The van der Waals surface area contributed by atoms with Gasteiger partial charge in [0.25, 0.3) is 0 Å². The molecule has 0 saturated carbocycles. The van der Waals surface area contributed by atoms with Gasteiger partial charge >= 0.3 is 6.18 Å². The molecule has 1 N–H and O–H groups in total. The minimum Gasteiger partial charge on any atom is -0.314 e. The zero-order valence-electron chi connectivity index (χ0n) is 10.8. The molecule has 2 nitrogen and oxygen atoms in total. The summed E-state index contributed by atoms with van der Waals surface area (Å²) in [5.41, 5.74) is 0.631. The summed E-state index contributed by atoms with van der Waals surface area (Å²) in [4.78, 5) is 1.87. The van der Waals surface area contributed by atoms with Gasteiger partial charge in [-0.15, -0.1) is 12.4 Å². The highest BCUT2D eigenvalue weighted by Gasteiger charge is 2.35. The third kappa shape index (κ3) is 5.13. The van der Waals surface area contributed by atoms with Crippen molar-refractivity contribution >= 4 is 24.0 Å². The van der Waals surface area contributed by atoms with Gasteiger partial charge in [0.2, 0.25) is 0 Å². The first kappa shape index (κ1) is 17.6. The fourth-order valence-electron chi connectivity index (χ4n) is 2.38. The molecule has 0 unspecified atom stereocenters. The zero-order chi connectivity index (χ0) is 13.9. The lowest BCUT2D eigenvalue weighted by Gasteiger charge is -2.35. The molecule has 1 aromatic rings. The van der Waals surface area contributed by atoms with Crippen LogP contribution in [0.1, 0.15) is 18.0 Å². The van der Waals surface area contributed by atoms with E-state index >= 15 is 0 Å². The maximum Gasteiger partial charge on any atom is 0.390 e. The Morgan fingerprint density at radius 3 is 2.45 bits per heavy atom. The van der Waals surface area contributed by atoms with Crippen LogP contribution in [0.4, 0.5) is 13.2 Å². The van der Waals surface area contributed by atoms with Crippen molar-refractivity contribution in [2.75, 3.05) is 26.2 Å². The SMILES string of the molecule is Cl.FC(F)(F)C[C@H](c1cccc(Cl)c1)N1CCNCC1. The van der Waals surface area contributed by atoms with Crippen molar-refractivity contribution in [2.24, 2.45) is 0 Å². The molecule has 1 aliphatic rings. The number of halogens is 5. The van der Waals surface area contributed by atoms with E-state index in [1.165, 1.54) is 0 Å². The van der Waals surface area contributed by atoms with E-state index in [1.54, 1.807) is 24.3 Å². The van der Waals surface area contributed by atoms with Crippen LogP contribution in [-0.2, 0) is 0 Å². The monoisotopic (exact) mass is 328 g/mol. The van der Waals surface area contributed by atoms with Gasteiger partial charge in [0.15, 0.2) is 0 Å². The Morgan fingerprint density at radius 2 is 1.90 bits per heavy atom. The molecule has 1 fully saturated rings. The van der Waals surface area contributed by atoms with Gasteiger partial charge in [-0.05, 0) is 17.7 Å². The molecule has 0 radical (unpaired) electrons. The molecule has 1 aliphatic heterocycles. The fourth-order valence-corrected chi connectivity index (χ4v) is 2.58. The van der Waals surface area contributed by atoms with E-state index in [9.17, 15) is 13.2 Å². The quantitative estimate of drug-likeness (QED) is 0.910. The number of alkyl halides is 3. The van der Waals surface area contributed by atoms with E-state index < -0.39 is 18.6 Å². The Hall–Kier alpha value is -0.490. The van der Waals surface area contributed by atoms with Crippen LogP contribution >= 0.6 is 24.0 Å². The van der Waals surface area contributed by atoms with E-state index in [2.05, 4.69) is 5.32 Å². The van der Waals surface area contributed by atoms with Gasteiger partial charge < -0.3 is 5.32 Å². The predicted molar refractivity (Wildman–Crippen MR) is 76.6 cm³/mol. The van der Waals surface area contributed by atoms with Crippen LogP contribution in [0, 0.1) is 0 Å². The van der Waals surface area contributed by atoms with E-state index in [0.29, 0.717) is 23.7 Å². The van der Waals surface area contributed by atoms with Crippen molar-refractivity contribution in [3.05, 3.63) is 34.9 Å². The second kappa shape index (κ2) is 7.50. The first-order chi connectivity index (χ1) is 8.96. The molecule has 114 valence electrons. The molecule has 0 spiro atoms. The highest BCUT2D eigenvalue weighted by molar-refractivity contribution is 6.30. The minimum absolute atomic E-state index is 0. The van der Waals surface area contributed by atoms with E-state index in [1.807, 2.05) is 4.90 Å². The maximum absolute atomic E-state index is 12.8. The predicted octanol–water partition coefficient (Wildman–Crippen LogP) is 3.66. The third-order valence-electron chi connectivity index (χ3n) is 3.25. The number of piperazine rings is 1. The smallest absolute Gasteiger partial charge is 0.314 e. The number of hydrogen-bond donors (Lipinski definition) is 1. The maximum atomic E-state index is 12.8. The number of benzene rings is 1. The lowest BCUT2D eigenvalue weighted by molar-refractivity contribution is -0.148. The Labute approximate surface area is 127 Å². The first-order valence-corrected chi connectivity index (χ1v) is 6.60. The molecule has 0 bridgehead atoms. The third-order valence-corrected chi connectivity index (χ3v) is 3.49. The van der Waals surface area contributed by atoms with Crippen molar-refractivity contribution in [1.29, 1.82) is 0 Å². The van der Waals surface area contributed by atoms with Crippen LogP contribution in [0.15, 0.2) is 24.3 Å². The summed E-state index contributed by atoms with van der Waals surface area (Å²) in [6, 6.07) is 6.06. The highest BCUT2D eigenvalue weighted by atomic mass is 35.5. The Kier molecular flexibility index (Phi) is 6.58. The molecule has 20 heavy (non-hydrogen) atoms. The van der Waals surface area contributed by atoms with Gasteiger partial charge in [-0.3, -0.25) is 4.90 Å². The van der Waals surface area contributed by atoms with Gasteiger partial charge in [0, 0.05) is 37.2 Å². The normalized spacial score (nSPS) is 18.4. The van der Waals surface area contributed by atoms with Crippen molar-refractivity contribution in [2.45, 2.75) is 18.6 Å². The van der Waals surface area contributed by atoms with Crippen LogP contribution in [-0.4, -0.2) is 37.3 Å². The standard InChI is InChI=1S/C13H16ClF3N2.ClH/c14-11-3-1-2-10(8-11)12(9-13(15,16)17)19-6-4-18-5-7-19;/h1-3,8,12,18H,4-7,9H2;1H/t12-;/m1./s1. The lowest BCUT2D eigenvalue weighted by atomic mass is 10.0. The second-order valence-corrected chi connectivity index (χ2v) is 5.11. The van der Waals surface area contributed by atoms with Crippen LogP contribution < -0.4 is 5.32 Å². The van der Waals surface area contributed by atoms with Crippen LogP contribution in [0.2, 0.25) is 5.02 Å². The molecule has 0 amide bonds. The fraction of sp³-hybridized carbons (Fsp3) is 0.538. The molecule has 2 rings (SSSR count). The molecular weight excluding hydrogens is 312 g/mol. The summed E-state index contributed by atoms with van der Waals surface area (Å²) in [7, 11) is 0. The summed E-state index contributed by atoms with van der Waals surface area (Å²) in [6.45, 7) is 2.67. The molecule has 1 aromatic carbocycles. The number of nitrogens with one attached hydrogen (secondary N) is 1. The molecule has 1 heterocycles. The van der Waals surface area contributed by atoms with Gasteiger partial charge in [-0.2, -0.15) is 13.2 Å². The van der Waals surface area contributed by atoms with Gasteiger partial charge in [-0.25, -0.2) is 0 Å². The van der Waals surface area contributed by atoms with Crippen molar-refractivity contribution in [3.8, 4) is 0 Å². The van der Waals surface area contributed by atoms with Gasteiger partial charge in [0.1, 0.15) is 0 Å². The van der Waals surface area contributed by atoms with Crippen molar-refractivity contribution in [3.63, 3.8) is 0 Å². The molecule has 1 saturated heterocycles. The van der Waals surface area contributed by atoms with Gasteiger partial charge in [0.05, 0.1) is 6.42 Å². The largest absolute Gasteiger partial charge is 0.390 e. The molecule has 1 atom stereocenters. The molecule has 0 aromatic heterocycles. The Morgan fingerprint density at radius 1 is 1.25 bits per heavy atom. The van der Waals surface area contributed by atoms with E-state index in [0.717, 1.165) is 13.1 Å². The lowest BCUT2D eigenvalue weighted by Crippen LogP contribution is -2.46. The van der Waals surface area contributed by atoms with Crippen LogP contribution in [0.5, 0.6) is 0 Å². The summed E-state index contributed by atoms with van der Waals surface area (Å²) >= 11 is 5.89. The second-order valence-electron chi connectivity index (χ2n) is 4.68. The summed E-state index contributed by atoms with van der Waals surface area (Å²) in [6.07, 6.45) is -5.02. The van der Waals surface area contributed by atoms with Crippen molar-refractivity contribution < 1.29 is 13.2 Å². The number of rotatable bonds is 3. The highest BCUT2D eigenvalue weighted by Crippen LogP contribution is 2.34. The Bertz CT molecular complexity index is 420. The van der Waals surface area contributed by atoms with Crippen LogP contribution in [0.3, 0.4) is 0 Å². The van der Waals surface area contributed by atoms with Crippen LogP contribution in [0.25, 0.3) is 0 Å². The zero-order valence-corrected chi connectivity index (χ0v) is 12.4. The molecule has 7 heteroatoms. The van der Waals surface area contributed by atoms with E-state index in [4.69, 9.17) is 11.6 Å². The number of nitrogens with zero attached hydrogens (tertiary/aromatic N) is 1. The van der Waals surface area contributed by atoms with Gasteiger partial charge in [-0.1, -0.05) is 23.7 Å². The summed E-state index contributed by atoms with van der Waals surface area (Å²) in [5.74, 6) is 0. The van der Waals surface area contributed by atoms with Crippen molar-refractivity contribution in [1.82, 2.24) is 10.2 Å². The average Bonchev–Trinajstić information content (AvgIpc) is 2.36. The number of hydrogen-bond acceptors (Lipinski definition) is 2. The van der Waals surface area contributed by atoms with E-state index in [-0.39, 0.29) is 12.4 Å².